The van der Waals surface area contributed by atoms with Crippen LogP contribution in [0.5, 0.6) is 0 Å². The van der Waals surface area contributed by atoms with Gasteiger partial charge >= 0.3 is 0 Å². The van der Waals surface area contributed by atoms with E-state index in [1.807, 2.05) is 0 Å². The normalized spacial score (nSPS) is 15.6. The molecule has 0 amide bonds. The highest BCUT2D eigenvalue weighted by atomic mass is 15.2. The minimum atomic E-state index is 0.835. The first-order valence-electron chi connectivity index (χ1n) is 7.98. The fourth-order valence-electron chi connectivity index (χ4n) is 3.09. The van der Waals surface area contributed by atoms with Crippen LogP contribution < -0.4 is 10.2 Å². The third-order valence-electron chi connectivity index (χ3n) is 4.20. The molecule has 0 radical (unpaired) electrons. The van der Waals surface area contributed by atoms with Crippen molar-refractivity contribution in [3.8, 4) is 0 Å². The molecule has 4 heteroatoms. The van der Waals surface area contributed by atoms with E-state index in [9.17, 15) is 0 Å². The zero-order valence-corrected chi connectivity index (χ0v) is 13.4. The second-order valence-electron chi connectivity index (χ2n) is 5.85. The van der Waals surface area contributed by atoms with E-state index in [2.05, 4.69) is 43.0 Å². The number of nitrogens with one attached hydrogen (secondary N) is 1. The van der Waals surface area contributed by atoms with Crippen molar-refractivity contribution in [2.75, 3.05) is 30.4 Å². The summed E-state index contributed by atoms with van der Waals surface area (Å²) in [6.07, 6.45) is 6.40. The van der Waals surface area contributed by atoms with Crippen LogP contribution in [0.3, 0.4) is 0 Å². The molecule has 1 aromatic rings. The topological polar surface area (TPSA) is 41.1 Å². The van der Waals surface area contributed by atoms with E-state index in [0.29, 0.717) is 0 Å². The van der Waals surface area contributed by atoms with E-state index in [1.54, 1.807) is 0 Å². The summed E-state index contributed by atoms with van der Waals surface area (Å²) in [5, 5.41) is 3.36. The Morgan fingerprint density at radius 3 is 2.50 bits per heavy atom. The summed E-state index contributed by atoms with van der Waals surface area (Å²) >= 11 is 0. The maximum absolute atomic E-state index is 4.75. The molecule has 1 N–H and O–H groups in total. The fraction of sp³-hybridized carbons (Fsp3) is 0.750. The Morgan fingerprint density at radius 2 is 1.90 bits per heavy atom. The highest BCUT2D eigenvalue weighted by molar-refractivity contribution is 5.58. The van der Waals surface area contributed by atoms with Crippen LogP contribution in [0.4, 0.5) is 11.6 Å². The molecule has 0 saturated heterocycles. The Bertz CT molecular complexity index is 438. The highest BCUT2D eigenvalue weighted by Crippen LogP contribution is 2.28. The van der Waals surface area contributed by atoms with Crippen LogP contribution in [0.25, 0.3) is 0 Å². The van der Waals surface area contributed by atoms with Crippen LogP contribution >= 0.6 is 0 Å². The molecule has 1 aliphatic carbocycles. The molecule has 1 aliphatic rings. The monoisotopic (exact) mass is 276 g/mol. The average molecular weight is 276 g/mol. The number of aromatic nitrogens is 2. The van der Waals surface area contributed by atoms with Gasteiger partial charge in [0.15, 0.2) is 0 Å². The molecular formula is C16H28N4. The molecule has 1 heterocycles. The third-order valence-corrected chi connectivity index (χ3v) is 4.20. The van der Waals surface area contributed by atoms with Gasteiger partial charge in [-0.1, -0.05) is 19.8 Å². The summed E-state index contributed by atoms with van der Waals surface area (Å²) in [6, 6.07) is 0. The largest absolute Gasteiger partial charge is 0.370 e. The second kappa shape index (κ2) is 6.91. The molecule has 2 rings (SSSR count). The van der Waals surface area contributed by atoms with Crippen LogP contribution in [0.2, 0.25) is 0 Å². The van der Waals surface area contributed by atoms with Crippen molar-refractivity contribution >= 4 is 11.6 Å². The van der Waals surface area contributed by atoms with Crippen molar-refractivity contribution in [3.05, 3.63) is 11.4 Å². The molecule has 1 aromatic heterocycles. The number of aryl methyl sites for hydroxylation is 1. The van der Waals surface area contributed by atoms with E-state index in [-0.39, 0.29) is 0 Å². The standard InChI is InChI=1S/C16H28N4/c1-5-14-18-15(17-6-2)12(3)16(19-14)20(4)11-13-9-7-8-10-13/h13H,5-11H2,1-4H3,(H,17,18,19). The molecule has 0 spiro atoms. The minimum Gasteiger partial charge on any atom is -0.370 e. The van der Waals surface area contributed by atoms with Crippen molar-refractivity contribution in [1.29, 1.82) is 0 Å². The van der Waals surface area contributed by atoms with Gasteiger partial charge in [-0.05, 0) is 32.6 Å². The van der Waals surface area contributed by atoms with Gasteiger partial charge in [-0.25, -0.2) is 9.97 Å². The lowest BCUT2D eigenvalue weighted by molar-refractivity contribution is 0.544. The van der Waals surface area contributed by atoms with Gasteiger partial charge < -0.3 is 10.2 Å². The van der Waals surface area contributed by atoms with Crippen molar-refractivity contribution < 1.29 is 0 Å². The molecule has 0 unspecified atom stereocenters. The molecule has 1 fully saturated rings. The van der Waals surface area contributed by atoms with E-state index >= 15 is 0 Å². The molecule has 0 aromatic carbocycles. The number of hydrogen-bond donors (Lipinski definition) is 1. The summed E-state index contributed by atoms with van der Waals surface area (Å²) < 4.78 is 0. The van der Waals surface area contributed by atoms with E-state index in [1.165, 1.54) is 31.2 Å². The first kappa shape index (κ1) is 15.1. The summed E-state index contributed by atoms with van der Waals surface area (Å²) in [4.78, 5) is 11.7. The van der Waals surface area contributed by atoms with E-state index < -0.39 is 0 Å². The average Bonchev–Trinajstić information content (AvgIpc) is 2.94. The van der Waals surface area contributed by atoms with E-state index in [4.69, 9.17) is 4.98 Å². The Labute approximate surface area is 123 Å². The summed E-state index contributed by atoms with van der Waals surface area (Å²) in [5.41, 5.74) is 1.17. The number of anilines is 2. The smallest absolute Gasteiger partial charge is 0.137 e. The Balaban J connectivity index is 2.21. The van der Waals surface area contributed by atoms with Crippen LogP contribution in [-0.2, 0) is 6.42 Å². The predicted octanol–water partition coefficient (Wildman–Crippen LogP) is 3.41. The molecule has 0 aliphatic heterocycles. The van der Waals surface area contributed by atoms with Crippen LogP contribution in [-0.4, -0.2) is 30.1 Å². The summed E-state index contributed by atoms with van der Waals surface area (Å²) in [5.74, 6) is 3.86. The molecule has 112 valence electrons. The van der Waals surface area contributed by atoms with Gasteiger partial charge in [-0.3, -0.25) is 0 Å². The van der Waals surface area contributed by atoms with Gasteiger partial charge in [-0.2, -0.15) is 0 Å². The van der Waals surface area contributed by atoms with Gasteiger partial charge in [0.05, 0.1) is 0 Å². The van der Waals surface area contributed by atoms with Gasteiger partial charge in [0.1, 0.15) is 17.5 Å². The lowest BCUT2D eigenvalue weighted by atomic mass is 10.1. The molecule has 0 bridgehead atoms. The Morgan fingerprint density at radius 1 is 1.20 bits per heavy atom. The van der Waals surface area contributed by atoms with Crippen molar-refractivity contribution in [2.45, 2.75) is 52.9 Å². The minimum absolute atomic E-state index is 0.835. The van der Waals surface area contributed by atoms with Gasteiger partial charge in [0.2, 0.25) is 0 Å². The van der Waals surface area contributed by atoms with Crippen LogP contribution in [0.1, 0.15) is 50.9 Å². The maximum Gasteiger partial charge on any atom is 0.137 e. The van der Waals surface area contributed by atoms with E-state index in [0.717, 1.165) is 42.9 Å². The Kier molecular flexibility index (Phi) is 5.21. The first-order chi connectivity index (χ1) is 9.65. The van der Waals surface area contributed by atoms with Gasteiger partial charge in [0, 0.05) is 32.1 Å². The van der Waals surface area contributed by atoms with Crippen molar-refractivity contribution in [3.63, 3.8) is 0 Å². The molecule has 20 heavy (non-hydrogen) atoms. The molecule has 1 saturated carbocycles. The number of hydrogen-bond acceptors (Lipinski definition) is 4. The zero-order valence-electron chi connectivity index (χ0n) is 13.4. The lowest BCUT2D eigenvalue weighted by Crippen LogP contribution is -2.26. The summed E-state index contributed by atoms with van der Waals surface area (Å²) in [7, 11) is 2.17. The van der Waals surface area contributed by atoms with Gasteiger partial charge in [-0.15, -0.1) is 0 Å². The SMILES string of the molecule is CCNc1nc(CC)nc(N(C)CC2CCCC2)c1C. The first-order valence-corrected chi connectivity index (χ1v) is 7.98. The molecule has 4 nitrogen and oxygen atoms in total. The Hall–Kier alpha value is -1.32. The fourth-order valence-corrected chi connectivity index (χ4v) is 3.09. The number of nitrogens with zero attached hydrogens (tertiary/aromatic N) is 3. The molecular weight excluding hydrogens is 248 g/mol. The molecule has 0 atom stereocenters. The number of rotatable bonds is 6. The second-order valence-corrected chi connectivity index (χ2v) is 5.85. The predicted molar refractivity (Wildman–Crippen MR) is 85.5 cm³/mol. The maximum atomic E-state index is 4.75. The van der Waals surface area contributed by atoms with Crippen LogP contribution in [0, 0.1) is 12.8 Å². The van der Waals surface area contributed by atoms with Crippen molar-refractivity contribution in [2.24, 2.45) is 5.92 Å². The van der Waals surface area contributed by atoms with Gasteiger partial charge in [0.25, 0.3) is 0 Å². The van der Waals surface area contributed by atoms with Crippen molar-refractivity contribution in [1.82, 2.24) is 9.97 Å². The summed E-state index contributed by atoms with van der Waals surface area (Å²) in [6.45, 7) is 8.35. The van der Waals surface area contributed by atoms with Crippen LogP contribution in [0.15, 0.2) is 0 Å². The lowest BCUT2D eigenvalue weighted by Gasteiger charge is -2.25. The quantitative estimate of drug-likeness (QED) is 0.864. The highest BCUT2D eigenvalue weighted by Gasteiger charge is 2.20. The third kappa shape index (κ3) is 3.41. The zero-order chi connectivity index (χ0) is 14.5.